The number of hydrogen-bond donors (Lipinski definition) is 2. The summed E-state index contributed by atoms with van der Waals surface area (Å²) in [6.07, 6.45) is 4.89. The van der Waals surface area contributed by atoms with Gasteiger partial charge >= 0.3 is 0 Å². The Morgan fingerprint density at radius 3 is 2.21 bits per heavy atom. The van der Waals surface area contributed by atoms with Crippen LogP contribution in [0.2, 0.25) is 5.02 Å². The molecule has 2 saturated heterocycles. The largest absolute Gasteiger partial charge is 0.490 e. The number of nitrogens with zero attached hydrogens (tertiary/aromatic N) is 6. The smallest absolute Gasteiger partial charge is 0.262 e. The first-order valence-corrected chi connectivity index (χ1v) is 19.2. The van der Waals surface area contributed by atoms with E-state index in [9.17, 15) is 28.8 Å². The highest BCUT2D eigenvalue weighted by Gasteiger charge is 2.45. The number of nitrogens with one attached hydrogen (secondary N) is 2. The van der Waals surface area contributed by atoms with Gasteiger partial charge < -0.3 is 19.9 Å². The highest BCUT2D eigenvalue weighted by Crippen LogP contribution is 2.34. The summed E-state index contributed by atoms with van der Waals surface area (Å²) in [6.45, 7) is 10.6. The third-order valence-electron chi connectivity index (χ3n) is 11.3. The zero-order chi connectivity index (χ0) is 39.1. The summed E-state index contributed by atoms with van der Waals surface area (Å²) in [7, 11) is 0. The number of anilines is 1. The lowest BCUT2D eigenvalue weighted by molar-refractivity contribution is -0.136. The second kappa shape index (κ2) is 15.4. The van der Waals surface area contributed by atoms with Crippen molar-refractivity contribution in [3.8, 4) is 5.75 Å². The predicted octanol–water partition coefficient (Wildman–Crippen LogP) is 3.47. The molecule has 2 aromatic carbocycles. The van der Waals surface area contributed by atoms with Crippen molar-refractivity contribution in [3.63, 3.8) is 0 Å². The maximum atomic E-state index is 13.4. The number of rotatable bonds is 8. The lowest BCUT2D eigenvalue weighted by Crippen LogP contribution is -2.54. The van der Waals surface area contributed by atoms with E-state index in [2.05, 4.69) is 30.3 Å². The molecule has 56 heavy (non-hydrogen) atoms. The minimum atomic E-state index is -1.02. The number of piperidine rings is 1. The molecule has 1 unspecified atom stereocenters. The average molecular weight is 779 g/mol. The number of piperazine rings is 1. The molecule has 0 radical (unpaired) electrons. The van der Waals surface area contributed by atoms with Crippen LogP contribution in [0.4, 0.5) is 11.5 Å². The highest BCUT2D eigenvalue weighted by atomic mass is 35.5. The van der Waals surface area contributed by atoms with Gasteiger partial charge in [0.15, 0.2) is 0 Å². The quantitative estimate of drug-likeness (QED) is 0.256. The molecule has 5 heterocycles. The third-order valence-corrected chi connectivity index (χ3v) is 11.6. The van der Waals surface area contributed by atoms with Gasteiger partial charge in [0.1, 0.15) is 17.6 Å². The highest BCUT2D eigenvalue weighted by molar-refractivity contribution is 6.33. The molecule has 15 nitrogen and oxygen atoms in total. The molecular weight excluding hydrogens is 740 g/mol. The number of fused-ring (bicyclic) bond motifs is 2. The normalized spacial score (nSPS) is 22.4. The molecule has 1 aromatic heterocycles. The number of amides is 6. The van der Waals surface area contributed by atoms with E-state index in [0.29, 0.717) is 61.3 Å². The van der Waals surface area contributed by atoms with Crippen LogP contribution in [0.25, 0.3) is 4.85 Å². The van der Waals surface area contributed by atoms with Gasteiger partial charge in [-0.25, -0.2) is 9.83 Å². The number of halogens is 1. The minimum Gasteiger partial charge on any atom is -0.490 e. The fourth-order valence-corrected chi connectivity index (χ4v) is 8.33. The van der Waals surface area contributed by atoms with E-state index in [4.69, 9.17) is 22.9 Å². The maximum absolute atomic E-state index is 13.4. The first kappa shape index (κ1) is 37.1. The lowest BCUT2D eigenvalue weighted by atomic mass is 9.92. The van der Waals surface area contributed by atoms with Gasteiger partial charge in [-0.3, -0.25) is 43.9 Å². The molecule has 0 spiro atoms. The van der Waals surface area contributed by atoms with Crippen LogP contribution in [0.5, 0.6) is 5.75 Å². The Balaban J connectivity index is 0.776. The van der Waals surface area contributed by atoms with E-state index in [1.165, 1.54) is 0 Å². The van der Waals surface area contributed by atoms with Crippen molar-refractivity contribution in [1.82, 2.24) is 30.3 Å². The fourth-order valence-electron chi connectivity index (χ4n) is 8.12. The Hall–Kier alpha value is -5.85. The number of carbonyl (C=O) groups is 6. The fraction of sp³-hybridized carbons (Fsp3) is 0.400. The zero-order valence-electron chi connectivity index (χ0n) is 30.5. The predicted molar refractivity (Wildman–Crippen MR) is 202 cm³/mol. The van der Waals surface area contributed by atoms with Crippen LogP contribution in [0.15, 0.2) is 48.7 Å². The second-order valence-corrected chi connectivity index (χ2v) is 15.2. The molecule has 0 bridgehead atoms. The minimum absolute atomic E-state index is 0.0141. The van der Waals surface area contributed by atoms with Gasteiger partial charge in [-0.05, 0) is 79.6 Å². The first-order chi connectivity index (χ1) is 27.0. The molecule has 16 heteroatoms. The number of hydrogen-bond acceptors (Lipinski definition) is 10. The van der Waals surface area contributed by atoms with E-state index >= 15 is 0 Å². The van der Waals surface area contributed by atoms with Crippen LogP contribution in [-0.4, -0.2) is 106 Å². The molecule has 1 aliphatic carbocycles. The summed E-state index contributed by atoms with van der Waals surface area (Å²) in [5.41, 5.74) is 2.89. The Bertz CT molecular complexity index is 2130. The number of ether oxygens (including phenoxy) is 1. The molecule has 6 amide bonds. The van der Waals surface area contributed by atoms with Gasteiger partial charge in [-0.15, -0.1) is 0 Å². The Morgan fingerprint density at radius 1 is 0.911 bits per heavy atom. The van der Waals surface area contributed by atoms with Crippen LogP contribution in [0.1, 0.15) is 80.7 Å². The van der Waals surface area contributed by atoms with Gasteiger partial charge in [-0.1, -0.05) is 17.7 Å². The van der Waals surface area contributed by atoms with Crippen LogP contribution in [0.3, 0.4) is 0 Å². The van der Waals surface area contributed by atoms with Crippen LogP contribution in [0, 0.1) is 6.57 Å². The van der Waals surface area contributed by atoms with Crippen molar-refractivity contribution in [3.05, 3.63) is 92.9 Å². The van der Waals surface area contributed by atoms with Crippen molar-refractivity contribution < 1.29 is 33.5 Å². The number of imide groups is 2. The molecule has 288 valence electrons. The second-order valence-electron chi connectivity index (χ2n) is 14.8. The molecule has 1 saturated carbocycles. The molecule has 3 aromatic rings. The van der Waals surface area contributed by atoms with Crippen molar-refractivity contribution >= 4 is 58.5 Å². The standard InChI is InChI=1S/C40H39ClN8O7/c1-42-32-8-7-28(18-31(32)41)56-27-5-3-26(4-6-27)44-37(52)23-2-10-34(43-19-23)47-14-12-46(13-15-47)22-36(51)48-20-24-16-29-30(17-25(24)21-48)40(55)49(39(29)54)33-9-11-35(50)45-38(33)53/h2,7-8,10,16-19,26-27,33H,3-6,9,11-15,20-22H2,(H,44,52)(H,45,50,53). The van der Waals surface area contributed by atoms with Gasteiger partial charge in [0, 0.05) is 57.9 Å². The van der Waals surface area contributed by atoms with Crippen molar-refractivity contribution in [1.29, 1.82) is 0 Å². The Kier molecular flexibility index (Phi) is 10.2. The van der Waals surface area contributed by atoms with Gasteiger partial charge in [-0.2, -0.15) is 0 Å². The average Bonchev–Trinajstić information content (AvgIpc) is 3.72. The summed E-state index contributed by atoms with van der Waals surface area (Å²) < 4.78 is 6.07. The van der Waals surface area contributed by atoms with Crippen molar-refractivity contribution in [2.45, 2.75) is 69.8 Å². The van der Waals surface area contributed by atoms with Crippen LogP contribution < -0.4 is 20.3 Å². The summed E-state index contributed by atoms with van der Waals surface area (Å²) in [5, 5.41) is 5.70. The van der Waals surface area contributed by atoms with Crippen LogP contribution in [-0.2, 0) is 27.5 Å². The van der Waals surface area contributed by atoms with E-state index in [1.54, 1.807) is 47.5 Å². The summed E-state index contributed by atoms with van der Waals surface area (Å²) in [4.78, 5) is 91.8. The summed E-state index contributed by atoms with van der Waals surface area (Å²) >= 11 is 6.14. The third kappa shape index (κ3) is 7.42. The van der Waals surface area contributed by atoms with Gasteiger partial charge in [0.2, 0.25) is 23.4 Å². The SMILES string of the molecule is [C-]#[N+]c1ccc(OC2CCC(NC(=O)c3ccc(N4CCN(CC(=O)N5Cc6cc7c(cc6C5)C(=O)N(C5CCC(=O)NC5=O)C7=O)CC4)nc3)CC2)cc1Cl. The van der Waals surface area contributed by atoms with Gasteiger partial charge in [0.25, 0.3) is 17.7 Å². The molecule has 2 N–H and O–H groups in total. The Labute approximate surface area is 327 Å². The molecule has 8 rings (SSSR count). The number of benzene rings is 2. The molecule has 1 atom stereocenters. The number of pyridine rings is 1. The maximum Gasteiger partial charge on any atom is 0.262 e. The topological polar surface area (TPSA) is 166 Å². The van der Waals surface area contributed by atoms with Gasteiger partial charge in [0.05, 0.1) is 40.9 Å². The van der Waals surface area contributed by atoms with Crippen LogP contribution >= 0.6 is 11.6 Å². The lowest BCUT2D eigenvalue weighted by Gasteiger charge is -2.35. The molecular formula is C40H39ClN8O7. The first-order valence-electron chi connectivity index (χ1n) is 18.8. The van der Waals surface area contributed by atoms with E-state index < -0.39 is 29.7 Å². The number of carbonyl (C=O) groups excluding carboxylic acids is 6. The number of aromatic nitrogens is 1. The summed E-state index contributed by atoms with van der Waals surface area (Å²) in [6, 6.07) is 11.0. The molecule has 3 fully saturated rings. The van der Waals surface area contributed by atoms with E-state index in [0.717, 1.165) is 47.5 Å². The van der Waals surface area contributed by atoms with Crippen molar-refractivity contribution in [2.24, 2.45) is 0 Å². The molecule has 5 aliphatic rings. The van der Waals surface area contributed by atoms with E-state index in [-0.39, 0.29) is 54.5 Å². The summed E-state index contributed by atoms with van der Waals surface area (Å²) in [5.74, 6) is -1.02. The van der Waals surface area contributed by atoms with Crippen molar-refractivity contribution in [2.75, 3.05) is 37.6 Å². The van der Waals surface area contributed by atoms with E-state index in [1.807, 2.05) is 6.07 Å². The monoisotopic (exact) mass is 778 g/mol. The molecule has 4 aliphatic heterocycles. The Morgan fingerprint density at radius 2 is 1.61 bits per heavy atom. The zero-order valence-corrected chi connectivity index (χ0v) is 31.2.